The van der Waals surface area contributed by atoms with Crippen LogP contribution in [0, 0.1) is 10.1 Å². The van der Waals surface area contributed by atoms with Crippen molar-refractivity contribution in [2.24, 2.45) is 0 Å². The fraction of sp³-hybridized carbons (Fsp3) is 0.0909. The van der Waals surface area contributed by atoms with Crippen molar-refractivity contribution in [3.63, 3.8) is 0 Å². The molecule has 92 valence electrons. The molecule has 0 atom stereocenters. The average Bonchev–Trinajstić information content (AvgIpc) is 2.38. The number of nitro groups is 1. The summed E-state index contributed by atoms with van der Waals surface area (Å²) in [4.78, 5) is 17.9. The molecule has 1 heterocycles. The van der Waals surface area contributed by atoms with Gasteiger partial charge in [0.1, 0.15) is 12.1 Å². The number of nitrogens with zero attached hydrogens (tertiary/aromatic N) is 3. The van der Waals surface area contributed by atoms with E-state index in [1.165, 1.54) is 13.4 Å². The number of rotatable bonds is 3. The van der Waals surface area contributed by atoms with Gasteiger partial charge < -0.3 is 4.74 Å². The predicted octanol–water partition coefficient (Wildman–Crippen LogP) is 2.71. The molecule has 1 aromatic heterocycles. The summed E-state index contributed by atoms with van der Waals surface area (Å²) in [5.41, 5.74) is 0.400. The van der Waals surface area contributed by atoms with Crippen molar-refractivity contribution < 1.29 is 9.66 Å². The fourth-order valence-electron chi connectivity index (χ4n) is 1.50. The minimum atomic E-state index is -0.600. The first-order chi connectivity index (χ1) is 8.63. The highest BCUT2D eigenvalue weighted by atomic mass is 35.5. The van der Waals surface area contributed by atoms with E-state index in [9.17, 15) is 10.1 Å². The lowest BCUT2D eigenvalue weighted by atomic mass is 10.1. The van der Waals surface area contributed by atoms with Crippen molar-refractivity contribution in [3.05, 3.63) is 45.9 Å². The minimum absolute atomic E-state index is 0.166. The molecule has 2 rings (SSSR count). The van der Waals surface area contributed by atoms with Crippen molar-refractivity contribution in [3.8, 4) is 17.0 Å². The Kier molecular flexibility index (Phi) is 3.38. The Morgan fingerprint density at radius 3 is 2.83 bits per heavy atom. The van der Waals surface area contributed by atoms with Crippen LogP contribution in [0.25, 0.3) is 11.3 Å². The second-order valence-corrected chi connectivity index (χ2v) is 3.71. The van der Waals surface area contributed by atoms with Gasteiger partial charge in [-0.25, -0.2) is 9.97 Å². The van der Waals surface area contributed by atoms with Gasteiger partial charge in [0.2, 0.25) is 5.15 Å². The van der Waals surface area contributed by atoms with E-state index in [0.717, 1.165) is 0 Å². The Bertz CT molecular complexity index is 604. The molecule has 0 spiro atoms. The Labute approximate surface area is 107 Å². The molecular formula is C11H8ClN3O3. The van der Waals surface area contributed by atoms with Crippen molar-refractivity contribution >= 4 is 17.3 Å². The van der Waals surface area contributed by atoms with E-state index in [1.54, 1.807) is 24.3 Å². The van der Waals surface area contributed by atoms with Crippen LogP contribution in [0.3, 0.4) is 0 Å². The number of hydrogen-bond acceptors (Lipinski definition) is 5. The van der Waals surface area contributed by atoms with E-state index >= 15 is 0 Å². The van der Waals surface area contributed by atoms with E-state index in [-0.39, 0.29) is 16.5 Å². The van der Waals surface area contributed by atoms with E-state index < -0.39 is 4.92 Å². The molecule has 7 heteroatoms. The van der Waals surface area contributed by atoms with Crippen molar-refractivity contribution in [1.29, 1.82) is 0 Å². The summed E-state index contributed by atoms with van der Waals surface area (Å²) >= 11 is 5.72. The summed E-state index contributed by atoms with van der Waals surface area (Å²) in [7, 11) is 1.51. The number of aromatic nitrogens is 2. The molecule has 0 aliphatic heterocycles. The molecular weight excluding hydrogens is 258 g/mol. The highest BCUT2D eigenvalue weighted by Crippen LogP contribution is 2.33. The third-order valence-electron chi connectivity index (χ3n) is 2.30. The normalized spacial score (nSPS) is 10.1. The van der Waals surface area contributed by atoms with Crippen LogP contribution in [0.2, 0.25) is 5.15 Å². The maximum Gasteiger partial charge on any atom is 0.332 e. The van der Waals surface area contributed by atoms with Crippen molar-refractivity contribution in [2.45, 2.75) is 0 Å². The predicted molar refractivity (Wildman–Crippen MR) is 65.7 cm³/mol. The van der Waals surface area contributed by atoms with Gasteiger partial charge in [0.15, 0.2) is 5.69 Å². The highest BCUT2D eigenvalue weighted by molar-refractivity contribution is 6.31. The second kappa shape index (κ2) is 4.97. The largest absolute Gasteiger partial charge is 0.497 e. The topological polar surface area (TPSA) is 78.2 Å². The van der Waals surface area contributed by atoms with Gasteiger partial charge in [0.05, 0.1) is 12.0 Å². The van der Waals surface area contributed by atoms with Crippen LogP contribution in [-0.4, -0.2) is 22.0 Å². The molecule has 1 aromatic carbocycles. The van der Waals surface area contributed by atoms with Gasteiger partial charge in [0, 0.05) is 5.56 Å². The van der Waals surface area contributed by atoms with E-state index in [0.29, 0.717) is 11.3 Å². The lowest BCUT2D eigenvalue weighted by Crippen LogP contribution is -1.97. The zero-order chi connectivity index (χ0) is 13.1. The molecule has 0 saturated carbocycles. The standard InChI is InChI=1S/C11H8ClN3O3/c1-18-8-4-2-3-7(5-8)9-10(15(16)17)11(12)14-6-13-9/h2-6H,1H3. The lowest BCUT2D eigenvalue weighted by Gasteiger charge is -2.05. The van der Waals surface area contributed by atoms with Gasteiger partial charge in [0.25, 0.3) is 0 Å². The maximum atomic E-state index is 11.0. The van der Waals surface area contributed by atoms with E-state index in [4.69, 9.17) is 16.3 Å². The molecule has 0 fully saturated rings. The molecule has 0 radical (unpaired) electrons. The number of ether oxygens (including phenoxy) is 1. The number of hydrogen-bond donors (Lipinski definition) is 0. The summed E-state index contributed by atoms with van der Waals surface area (Å²) in [6, 6.07) is 6.78. The summed E-state index contributed by atoms with van der Waals surface area (Å²) in [5.74, 6) is 0.580. The van der Waals surface area contributed by atoms with Crippen molar-refractivity contribution in [2.75, 3.05) is 7.11 Å². The monoisotopic (exact) mass is 265 g/mol. The molecule has 0 aliphatic rings. The Morgan fingerprint density at radius 2 is 2.17 bits per heavy atom. The SMILES string of the molecule is COc1cccc(-c2ncnc(Cl)c2[N+](=O)[O-])c1. The highest BCUT2D eigenvalue weighted by Gasteiger charge is 2.22. The van der Waals surface area contributed by atoms with Crippen LogP contribution in [-0.2, 0) is 0 Å². The third-order valence-corrected chi connectivity index (χ3v) is 2.58. The number of methoxy groups -OCH3 is 1. The van der Waals surface area contributed by atoms with E-state index in [2.05, 4.69) is 9.97 Å². The summed E-state index contributed by atoms with van der Waals surface area (Å²) in [6.07, 6.45) is 1.18. The Balaban J connectivity index is 2.63. The first-order valence-corrected chi connectivity index (χ1v) is 5.30. The van der Waals surface area contributed by atoms with Crippen molar-refractivity contribution in [1.82, 2.24) is 9.97 Å². The average molecular weight is 266 g/mol. The Morgan fingerprint density at radius 1 is 1.39 bits per heavy atom. The van der Waals surface area contributed by atoms with Crippen LogP contribution in [0.5, 0.6) is 5.75 Å². The smallest absolute Gasteiger partial charge is 0.332 e. The fourth-order valence-corrected chi connectivity index (χ4v) is 1.70. The zero-order valence-electron chi connectivity index (χ0n) is 9.33. The molecule has 18 heavy (non-hydrogen) atoms. The van der Waals surface area contributed by atoms with Gasteiger partial charge in [-0.15, -0.1) is 0 Å². The molecule has 6 nitrogen and oxygen atoms in total. The quantitative estimate of drug-likeness (QED) is 0.484. The molecule has 0 unspecified atom stereocenters. The number of benzene rings is 1. The summed E-state index contributed by atoms with van der Waals surface area (Å²) in [5, 5.41) is 10.8. The molecule has 0 bridgehead atoms. The maximum absolute atomic E-state index is 11.0. The van der Waals surface area contributed by atoms with E-state index in [1.807, 2.05) is 0 Å². The first-order valence-electron chi connectivity index (χ1n) is 4.93. The van der Waals surface area contributed by atoms with Gasteiger partial charge in [-0.3, -0.25) is 10.1 Å². The molecule has 0 saturated heterocycles. The molecule has 0 amide bonds. The van der Waals surface area contributed by atoms with Gasteiger partial charge in [-0.05, 0) is 12.1 Å². The van der Waals surface area contributed by atoms with Crippen LogP contribution in [0.15, 0.2) is 30.6 Å². The van der Waals surface area contributed by atoms with Gasteiger partial charge in [-0.1, -0.05) is 23.7 Å². The lowest BCUT2D eigenvalue weighted by molar-refractivity contribution is -0.384. The molecule has 0 aliphatic carbocycles. The van der Waals surface area contributed by atoms with Crippen LogP contribution in [0.1, 0.15) is 0 Å². The zero-order valence-corrected chi connectivity index (χ0v) is 10.1. The third kappa shape index (κ3) is 2.23. The second-order valence-electron chi connectivity index (χ2n) is 3.35. The number of halogens is 1. The van der Waals surface area contributed by atoms with Crippen LogP contribution >= 0.6 is 11.6 Å². The van der Waals surface area contributed by atoms with Crippen LogP contribution in [0.4, 0.5) is 5.69 Å². The Hall–Kier alpha value is -2.21. The summed E-state index contributed by atoms with van der Waals surface area (Å²) < 4.78 is 5.06. The van der Waals surface area contributed by atoms with Gasteiger partial charge in [-0.2, -0.15) is 0 Å². The van der Waals surface area contributed by atoms with Crippen LogP contribution < -0.4 is 4.74 Å². The first kappa shape index (κ1) is 12.3. The van der Waals surface area contributed by atoms with Gasteiger partial charge >= 0.3 is 5.69 Å². The molecule has 2 aromatic rings. The molecule has 0 N–H and O–H groups in total. The minimum Gasteiger partial charge on any atom is -0.497 e. The summed E-state index contributed by atoms with van der Waals surface area (Å²) in [6.45, 7) is 0.